The Morgan fingerprint density at radius 1 is 0.412 bits per heavy atom. The second-order valence-electron chi connectivity index (χ2n) is 7.57. The molecule has 0 aliphatic carbocycles. The van der Waals surface area contributed by atoms with Crippen LogP contribution in [0.5, 0.6) is 11.5 Å². The average Bonchev–Trinajstić information content (AvgIpc) is 2.83. The lowest BCUT2D eigenvalue weighted by Crippen LogP contribution is -1.73. The first-order valence-corrected chi connectivity index (χ1v) is 10.5. The number of rotatable bonds is 6. The van der Waals surface area contributed by atoms with E-state index in [1.54, 1.807) is 36.4 Å². The van der Waals surface area contributed by atoms with Crippen LogP contribution in [-0.2, 0) is 0 Å². The van der Waals surface area contributed by atoms with Crippen LogP contribution in [0.25, 0.3) is 0 Å². The molecule has 0 aromatic heterocycles. The molecule has 0 heterocycles. The predicted molar refractivity (Wildman–Crippen MR) is 131 cm³/mol. The Hall–Kier alpha value is -4.72. The minimum absolute atomic E-state index is 0.203. The summed E-state index contributed by atoms with van der Waals surface area (Å²) in [7, 11) is 0. The molecule has 8 nitrogen and oxygen atoms in total. The van der Waals surface area contributed by atoms with Gasteiger partial charge in [-0.1, -0.05) is 0 Å². The van der Waals surface area contributed by atoms with Crippen LogP contribution in [-0.4, -0.2) is 10.2 Å². The maximum Gasteiger partial charge on any atom is 0.115 e. The maximum atomic E-state index is 9.48. The van der Waals surface area contributed by atoms with E-state index in [0.29, 0.717) is 34.1 Å². The Morgan fingerprint density at radius 3 is 1.00 bits per heavy atom. The summed E-state index contributed by atoms with van der Waals surface area (Å²) in [6, 6.07) is 24.4. The molecule has 2 N–H and O–H groups in total. The molecule has 0 spiro atoms. The molecule has 0 amide bonds. The zero-order valence-electron chi connectivity index (χ0n) is 18.7. The normalized spacial score (nSPS) is 11.7. The van der Waals surface area contributed by atoms with Crippen LogP contribution in [0.2, 0.25) is 0 Å². The third-order valence-corrected chi connectivity index (χ3v) is 4.89. The van der Waals surface area contributed by atoms with Crippen molar-refractivity contribution in [1.82, 2.24) is 0 Å². The van der Waals surface area contributed by atoms with E-state index in [1.807, 2.05) is 62.4 Å². The highest BCUT2D eigenvalue weighted by molar-refractivity contribution is 5.52. The fourth-order valence-electron chi connectivity index (χ4n) is 3.01. The van der Waals surface area contributed by atoms with Crippen molar-refractivity contribution in [3.05, 3.63) is 96.1 Å². The molecule has 8 heteroatoms. The Bertz CT molecular complexity index is 1270. The molecule has 0 radical (unpaired) electrons. The van der Waals surface area contributed by atoms with Crippen molar-refractivity contribution in [2.24, 2.45) is 30.7 Å². The van der Waals surface area contributed by atoms with Gasteiger partial charge in [0.05, 0.1) is 34.1 Å². The smallest absolute Gasteiger partial charge is 0.115 e. The number of phenolic OH excluding ortho intramolecular Hbond substituents is 2. The number of aromatic hydroxyl groups is 2. The van der Waals surface area contributed by atoms with E-state index in [2.05, 4.69) is 30.7 Å². The van der Waals surface area contributed by atoms with Crippen LogP contribution in [0.3, 0.4) is 0 Å². The molecule has 4 rings (SSSR count). The van der Waals surface area contributed by atoms with Gasteiger partial charge >= 0.3 is 0 Å². The zero-order chi connectivity index (χ0) is 23.9. The highest BCUT2D eigenvalue weighted by Gasteiger charge is 2.00. The standard InChI is InChI=1S/C26H22N6O2/c1-17-15-23(33)11-13-25(17)31-29-21-7-3-19(4-8-21)27-28-20-5-9-22(10-6-20)30-32-26-14-12-24(34)16-18(26)2/h3-16,33-34H,1-2H3/b28-27+,31-29+,32-30+. The van der Waals surface area contributed by atoms with Crippen molar-refractivity contribution in [3.63, 3.8) is 0 Å². The quantitative estimate of drug-likeness (QED) is 0.285. The van der Waals surface area contributed by atoms with Gasteiger partial charge in [0.25, 0.3) is 0 Å². The monoisotopic (exact) mass is 450 g/mol. The molecule has 4 aromatic carbocycles. The van der Waals surface area contributed by atoms with Gasteiger partial charge in [-0.3, -0.25) is 0 Å². The van der Waals surface area contributed by atoms with Crippen LogP contribution < -0.4 is 0 Å². The number of azo groups is 3. The van der Waals surface area contributed by atoms with Crippen molar-refractivity contribution in [2.75, 3.05) is 0 Å². The summed E-state index contributed by atoms with van der Waals surface area (Å²) in [4.78, 5) is 0. The van der Waals surface area contributed by atoms with Gasteiger partial charge in [0.1, 0.15) is 11.5 Å². The van der Waals surface area contributed by atoms with Crippen molar-refractivity contribution < 1.29 is 10.2 Å². The molecule has 0 saturated heterocycles. The van der Waals surface area contributed by atoms with Crippen molar-refractivity contribution in [3.8, 4) is 11.5 Å². The van der Waals surface area contributed by atoms with Crippen molar-refractivity contribution in [2.45, 2.75) is 13.8 Å². The van der Waals surface area contributed by atoms with E-state index in [0.717, 1.165) is 11.1 Å². The summed E-state index contributed by atoms with van der Waals surface area (Å²) in [5.74, 6) is 0.406. The molecular formula is C26H22N6O2. The molecule has 0 saturated carbocycles. The predicted octanol–water partition coefficient (Wildman–Crippen LogP) is 8.96. The highest BCUT2D eigenvalue weighted by Crippen LogP contribution is 2.28. The fourth-order valence-corrected chi connectivity index (χ4v) is 3.01. The molecule has 34 heavy (non-hydrogen) atoms. The highest BCUT2D eigenvalue weighted by atomic mass is 16.3. The number of hydrogen-bond acceptors (Lipinski definition) is 8. The van der Waals surface area contributed by atoms with Crippen LogP contribution in [0, 0.1) is 13.8 Å². The Kier molecular flexibility index (Phi) is 6.78. The summed E-state index contributed by atoms with van der Waals surface area (Å²) in [6.07, 6.45) is 0. The van der Waals surface area contributed by atoms with E-state index < -0.39 is 0 Å². The summed E-state index contributed by atoms with van der Waals surface area (Å²) in [5.41, 5.74) is 5.83. The first kappa shape index (κ1) is 22.5. The van der Waals surface area contributed by atoms with Gasteiger partial charge in [0, 0.05) is 0 Å². The maximum absolute atomic E-state index is 9.48. The van der Waals surface area contributed by atoms with Gasteiger partial charge in [0.15, 0.2) is 0 Å². The van der Waals surface area contributed by atoms with Gasteiger partial charge in [-0.25, -0.2) is 0 Å². The van der Waals surface area contributed by atoms with Crippen LogP contribution >= 0.6 is 0 Å². The van der Waals surface area contributed by atoms with Gasteiger partial charge < -0.3 is 10.2 Å². The lowest BCUT2D eigenvalue weighted by Gasteiger charge is -2.00. The second kappa shape index (κ2) is 10.3. The molecule has 0 aliphatic rings. The van der Waals surface area contributed by atoms with Gasteiger partial charge in [0.2, 0.25) is 0 Å². The van der Waals surface area contributed by atoms with Gasteiger partial charge in [-0.2, -0.15) is 30.7 Å². The minimum atomic E-state index is 0.203. The largest absolute Gasteiger partial charge is 0.508 e. The number of aryl methyl sites for hydroxylation is 2. The van der Waals surface area contributed by atoms with Crippen LogP contribution in [0.15, 0.2) is 116 Å². The molecular weight excluding hydrogens is 428 g/mol. The third kappa shape index (κ3) is 5.95. The topological polar surface area (TPSA) is 115 Å². The first-order valence-electron chi connectivity index (χ1n) is 10.5. The number of phenols is 2. The number of nitrogens with zero attached hydrogens (tertiary/aromatic N) is 6. The van der Waals surface area contributed by atoms with Crippen LogP contribution in [0.4, 0.5) is 34.1 Å². The zero-order valence-corrected chi connectivity index (χ0v) is 18.7. The van der Waals surface area contributed by atoms with E-state index in [9.17, 15) is 10.2 Å². The van der Waals surface area contributed by atoms with Crippen molar-refractivity contribution in [1.29, 1.82) is 0 Å². The molecule has 0 unspecified atom stereocenters. The summed E-state index contributed by atoms with van der Waals surface area (Å²) >= 11 is 0. The summed E-state index contributed by atoms with van der Waals surface area (Å²) < 4.78 is 0. The lowest BCUT2D eigenvalue weighted by molar-refractivity contribution is 0.474. The molecule has 4 aromatic rings. The SMILES string of the molecule is Cc1cc(O)ccc1/N=N/c1ccc(/N=N/c2ccc(/N=N/c3ccc(O)cc3C)cc2)cc1. The van der Waals surface area contributed by atoms with E-state index in [-0.39, 0.29) is 11.5 Å². The average molecular weight is 451 g/mol. The van der Waals surface area contributed by atoms with Crippen LogP contribution in [0.1, 0.15) is 11.1 Å². The lowest BCUT2D eigenvalue weighted by atomic mass is 10.2. The van der Waals surface area contributed by atoms with E-state index in [4.69, 9.17) is 0 Å². The second-order valence-corrected chi connectivity index (χ2v) is 7.57. The summed E-state index contributed by atoms with van der Waals surface area (Å²) in [5, 5.41) is 44.3. The number of benzene rings is 4. The van der Waals surface area contributed by atoms with Crippen molar-refractivity contribution >= 4 is 34.1 Å². The molecule has 0 atom stereocenters. The Labute approximate surface area is 196 Å². The van der Waals surface area contributed by atoms with E-state index in [1.165, 1.54) is 0 Å². The molecule has 168 valence electrons. The Balaban J connectivity index is 1.37. The molecule has 0 bridgehead atoms. The van der Waals surface area contributed by atoms with E-state index >= 15 is 0 Å². The molecule has 0 fully saturated rings. The molecule has 0 aliphatic heterocycles. The fraction of sp³-hybridized carbons (Fsp3) is 0.0769. The van der Waals surface area contributed by atoms with Gasteiger partial charge in [-0.05, 0) is 110 Å². The van der Waals surface area contributed by atoms with Gasteiger partial charge in [-0.15, -0.1) is 0 Å². The first-order chi connectivity index (χ1) is 16.5. The number of hydrogen-bond donors (Lipinski definition) is 2. The third-order valence-electron chi connectivity index (χ3n) is 4.89. The summed E-state index contributed by atoms with van der Waals surface area (Å²) in [6.45, 7) is 3.73. The minimum Gasteiger partial charge on any atom is -0.508 e. The Morgan fingerprint density at radius 2 is 0.706 bits per heavy atom.